The molecule has 2 heterocycles. The monoisotopic (exact) mass is 484 g/mol. The molecule has 8 heteroatoms. The molecule has 1 aliphatic heterocycles. The first-order valence-electron chi connectivity index (χ1n) is 9.26. The molecular formula is C19H29IN6O. The van der Waals surface area contributed by atoms with Gasteiger partial charge in [0.15, 0.2) is 5.96 Å². The highest BCUT2D eigenvalue weighted by Crippen LogP contribution is 2.16. The van der Waals surface area contributed by atoms with Crippen LogP contribution in [0.2, 0.25) is 0 Å². The van der Waals surface area contributed by atoms with Gasteiger partial charge in [-0.25, -0.2) is 9.98 Å². The summed E-state index contributed by atoms with van der Waals surface area (Å²) in [5.41, 5.74) is 2.15. The summed E-state index contributed by atoms with van der Waals surface area (Å²) in [6.45, 7) is 8.93. The van der Waals surface area contributed by atoms with Crippen LogP contribution in [0.3, 0.4) is 0 Å². The van der Waals surface area contributed by atoms with Crippen LogP contribution < -0.4 is 10.6 Å². The van der Waals surface area contributed by atoms with Crippen LogP contribution in [0.15, 0.2) is 41.5 Å². The third-order valence-electron chi connectivity index (χ3n) is 4.27. The van der Waals surface area contributed by atoms with Crippen LogP contribution >= 0.6 is 24.0 Å². The number of benzene rings is 1. The lowest BCUT2D eigenvalue weighted by Crippen LogP contribution is -2.44. The molecule has 0 spiro atoms. The molecule has 0 bridgehead atoms. The number of hydrogen-bond acceptors (Lipinski definition) is 4. The number of rotatable bonds is 7. The first-order valence-corrected chi connectivity index (χ1v) is 9.26. The smallest absolute Gasteiger partial charge is 0.191 e. The van der Waals surface area contributed by atoms with E-state index in [1.165, 1.54) is 0 Å². The van der Waals surface area contributed by atoms with Gasteiger partial charge in [-0.15, -0.1) is 24.0 Å². The summed E-state index contributed by atoms with van der Waals surface area (Å²) in [5, 5.41) is 6.67. The predicted molar refractivity (Wildman–Crippen MR) is 120 cm³/mol. The van der Waals surface area contributed by atoms with E-state index >= 15 is 0 Å². The van der Waals surface area contributed by atoms with Gasteiger partial charge in [0.25, 0.3) is 0 Å². The highest BCUT2D eigenvalue weighted by atomic mass is 127. The van der Waals surface area contributed by atoms with Gasteiger partial charge in [0.05, 0.1) is 25.1 Å². The average molecular weight is 484 g/mol. The van der Waals surface area contributed by atoms with Gasteiger partial charge in [0.2, 0.25) is 0 Å². The summed E-state index contributed by atoms with van der Waals surface area (Å²) < 4.78 is 5.38. The molecule has 27 heavy (non-hydrogen) atoms. The lowest BCUT2D eigenvalue weighted by atomic mass is 10.2. The van der Waals surface area contributed by atoms with Gasteiger partial charge in [0.1, 0.15) is 12.4 Å². The second-order valence-corrected chi connectivity index (χ2v) is 6.19. The Kier molecular flexibility index (Phi) is 9.57. The van der Waals surface area contributed by atoms with Crippen molar-refractivity contribution in [2.75, 3.05) is 45.9 Å². The molecule has 0 atom stereocenters. The van der Waals surface area contributed by atoms with Crippen LogP contribution in [0, 0.1) is 0 Å². The number of morpholine rings is 1. The Morgan fingerprint density at radius 1 is 1.22 bits per heavy atom. The van der Waals surface area contributed by atoms with E-state index in [1.807, 2.05) is 24.4 Å². The summed E-state index contributed by atoms with van der Waals surface area (Å²) in [5.74, 6) is 1.67. The molecule has 1 fully saturated rings. The third kappa shape index (κ3) is 7.11. The number of imidazole rings is 1. The molecule has 0 radical (unpaired) electrons. The van der Waals surface area contributed by atoms with E-state index in [9.17, 15) is 0 Å². The molecule has 0 saturated carbocycles. The Bertz CT molecular complexity index is 685. The summed E-state index contributed by atoms with van der Waals surface area (Å²) in [6, 6.07) is 10.2. The topological polar surface area (TPSA) is 77.6 Å². The normalized spacial score (nSPS) is 15.2. The van der Waals surface area contributed by atoms with Gasteiger partial charge < -0.3 is 20.4 Å². The van der Waals surface area contributed by atoms with Crippen molar-refractivity contribution in [1.29, 1.82) is 0 Å². The maximum Gasteiger partial charge on any atom is 0.191 e. The largest absolute Gasteiger partial charge is 0.379 e. The maximum absolute atomic E-state index is 5.38. The fourth-order valence-electron chi connectivity index (χ4n) is 2.86. The van der Waals surface area contributed by atoms with Crippen LogP contribution in [0.1, 0.15) is 12.7 Å². The van der Waals surface area contributed by atoms with Crippen LogP contribution in [0.25, 0.3) is 11.3 Å². The van der Waals surface area contributed by atoms with Crippen LogP contribution in [-0.4, -0.2) is 66.8 Å². The molecule has 148 valence electrons. The van der Waals surface area contributed by atoms with E-state index in [-0.39, 0.29) is 24.0 Å². The zero-order valence-corrected chi connectivity index (χ0v) is 18.1. The number of guanidine groups is 1. The van der Waals surface area contributed by atoms with Gasteiger partial charge in [-0.05, 0) is 12.5 Å². The number of aromatic amines is 1. The van der Waals surface area contributed by atoms with Gasteiger partial charge in [-0.3, -0.25) is 4.90 Å². The molecule has 1 aliphatic rings. The number of hydrogen-bond donors (Lipinski definition) is 3. The zero-order chi connectivity index (χ0) is 18.0. The Morgan fingerprint density at radius 3 is 2.74 bits per heavy atom. The van der Waals surface area contributed by atoms with E-state index < -0.39 is 0 Å². The second-order valence-electron chi connectivity index (χ2n) is 6.19. The van der Waals surface area contributed by atoms with Crippen molar-refractivity contribution in [2.24, 2.45) is 4.99 Å². The molecule has 1 saturated heterocycles. The van der Waals surface area contributed by atoms with Crippen molar-refractivity contribution < 1.29 is 4.74 Å². The number of aliphatic imine (C=N–C) groups is 1. The van der Waals surface area contributed by atoms with Gasteiger partial charge in [-0.2, -0.15) is 0 Å². The number of H-pyrrole nitrogens is 1. The Labute approximate surface area is 178 Å². The minimum atomic E-state index is 0. The van der Waals surface area contributed by atoms with E-state index in [0.717, 1.165) is 69.0 Å². The number of aromatic nitrogens is 2. The van der Waals surface area contributed by atoms with Crippen molar-refractivity contribution in [1.82, 2.24) is 25.5 Å². The Hall–Kier alpha value is -1.65. The minimum Gasteiger partial charge on any atom is -0.379 e. The molecule has 0 aliphatic carbocycles. The Morgan fingerprint density at radius 2 is 2.00 bits per heavy atom. The third-order valence-corrected chi connectivity index (χ3v) is 4.27. The van der Waals surface area contributed by atoms with Crippen molar-refractivity contribution in [3.8, 4) is 11.3 Å². The van der Waals surface area contributed by atoms with Crippen molar-refractivity contribution in [3.63, 3.8) is 0 Å². The molecule has 1 aromatic heterocycles. The summed E-state index contributed by atoms with van der Waals surface area (Å²) in [6.07, 6.45) is 1.86. The first kappa shape index (κ1) is 21.6. The fourth-order valence-corrected chi connectivity index (χ4v) is 2.86. The van der Waals surface area contributed by atoms with Crippen molar-refractivity contribution >= 4 is 29.9 Å². The minimum absolute atomic E-state index is 0. The number of ether oxygens (including phenoxy) is 1. The first-order chi connectivity index (χ1) is 12.8. The molecule has 7 nitrogen and oxygen atoms in total. The predicted octanol–water partition coefficient (Wildman–Crippen LogP) is 2.08. The lowest BCUT2D eigenvalue weighted by Gasteiger charge is -2.26. The van der Waals surface area contributed by atoms with Crippen molar-refractivity contribution in [2.45, 2.75) is 13.5 Å². The highest BCUT2D eigenvalue weighted by Gasteiger charge is 2.09. The van der Waals surface area contributed by atoms with E-state index in [2.05, 4.69) is 49.6 Å². The standard InChI is InChI=1S/C19H28N6O.HI/c1-2-20-19(21-8-9-25-10-12-26-13-11-25)23-15-18-22-14-17(24-18)16-6-4-3-5-7-16;/h3-7,14H,2,8-13,15H2,1H3,(H,22,24)(H2,20,21,23);1H. The van der Waals surface area contributed by atoms with Crippen LogP contribution in [0.4, 0.5) is 0 Å². The molecule has 3 N–H and O–H groups in total. The molecular weight excluding hydrogens is 455 g/mol. The van der Waals surface area contributed by atoms with Crippen molar-refractivity contribution in [3.05, 3.63) is 42.4 Å². The quantitative estimate of drug-likeness (QED) is 0.319. The molecule has 2 aromatic rings. The van der Waals surface area contributed by atoms with Crippen LogP contribution in [0.5, 0.6) is 0 Å². The number of nitrogens with one attached hydrogen (secondary N) is 3. The van der Waals surface area contributed by atoms with E-state index in [1.54, 1.807) is 0 Å². The SMILES string of the molecule is CCNC(=NCc1ncc(-c2ccccc2)[nH]1)NCCN1CCOCC1.I. The van der Waals surface area contributed by atoms with E-state index in [0.29, 0.717) is 6.54 Å². The molecule has 1 aromatic carbocycles. The molecule has 0 amide bonds. The summed E-state index contributed by atoms with van der Waals surface area (Å²) >= 11 is 0. The molecule has 3 rings (SSSR count). The number of nitrogens with zero attached hydrogens (tertiary/aromatic N) is 3. The molecule has 0 unspecified atom stereocenters. The summed E-state index contributed by atoms with van der Waals surface area (Å²) in [7, 11) is 0. The average Bonchev–Trinajstić information content (AvgIpc) is 3.17. The van der Waals surface area contributed by atoms with Gasteiger partial charge >= 0.3 is 0 Å². The zero-order valence-electron chi connectivity index (χ0n) is 15.8. The second kappa shape index (κ2) is 11.9. The number of halogens is 1. The Balaban J connectivity index is 0.00000261. The highest BCUT2D eigenvalue weighted by molar-refractivity contribution is 14.0. The van der Waals surface area contributed by atoms with Gasteiger partial charge in [0, 0.05) is 32.7 Å². The maximum atomic E-state index is 5.38. The summed E-state index contributed by atoms with van der Waals surface area (Å²) in [4.78, 5) is 14.8. The fraction of sp³-hybridized carbons (Fsp3) is 0.474. The van der Waals surface area contributed by atoms with Gasteiger partial charge in [-0.1, -0.05) is 30.3 Å². The lowest BCUT2D eigenvalue weighted by molar-refractivity contribution is 0.0389. The van der Waals surface area contributed by atoms with Crippen LogP contribution in [-0.2, 0) is 11.3 Å². The van der Waals surface area contributed by atoms with E-state index in [4.69, 9.17) is 4.74 Å².